The van der Waals surface area contributed by atoms with Gasteiger partial charge in [0.05, 0.1) is 11.6 Å². The molecule has 0 aromatic heterocycles. The molecule has 2 nitrogen and oxygen atoms in total. The smallest absolute Gasteiger partial charge is 0.106 e. The van der Waals surface area contributed by atoms with Gasteiger partial charge in [0.25, 0.3) is 0 Å². The van der Waals surface area contributed by atoms with Crippen molar-refractivity contribution in [2.24, 2.45) is 0 Å². The van der Waals surface area contributed by atoms with Gasteiger partial charge in [-0.3, -0.25) is 0 Å². The van der Waals surface area contributed by atoms with Crippen molar-refractivity contribution in [3.8, 4) is 6.07 Å². The number of hydrogen-bond donors (Lipinski definition) is 0. The minimum absolute atomic E-state index is 0.594. The van der Waals surface area contributed by atoms with Crippen LogP contribution in [-0.4, -0.2) is 6.79 Å². The molecule has 0 atom stereocenters. The highest BCUT2D eigenvalue weighted by molar-refractivity contribution is 5.69. The number of benzene rings is 2. The Morgan fingerprint density at radius 1 is 0.906 bits per heavy atom. The number of aryl methyl sites for hydroxylation is 3. The van der Waals surface area contributed by atoms with Crippen LogP contribution in [0.3, 0.4) is 0 Å². The van der Waals surface area contributed by atoms with Gasteiger partial charge in [-0.2, -0.15) is 5.26 Å². The molecule has 0 unspecified atom stereocenters. The van der Waals surface area contributed by atoms with Gasteiger partial charge in [-0.1, -0.05) is 95.8 Å². The molecule has 2 heteroatoms. The summed E-state index contributed by atoms with van der Waals surface area (Å²) in [4.78, 5) is 8.00. The van der Waals surface area contributed by atoms with Crippen molar-refractivity contribution in [3.05, 3.63) is 101 Å². The van der Waals surface area contributed by atoms with Crippen molar-refractivity contribution in [1.82, 2.24) is 0 Å². The fourth-order valence-electron chi connectivity index (χ4n) is 2.36. The second-order valence-electron chi connectivity index (χ2n) is 6.36. The molecule has 0 spiro atoms. The van der Waals surface area contributed by atoms with E-state index < -0.39 is 0 Å². The standard InChI is InChI=1S/C17H19N.C8H10.2C2H6.CH2O/c1-5-15-7-9-17(10-8-15)14(4)13(3)11-16(6-2)12-18;1-7-5-3-4-6-8(7)2;3*1-2/h6-11H,2,5H2,1,3-4H3;3-6H,1-2H3;2*1-2H3;1H2/b14-13+,16-11+;;;;. The van der Waals surface area contributed by atoms with Gasteiger partial charge in [-0.25, -0.2) is 0 Å². The van der Waals surface area contributed by atoms with Crippen molar-refractivity contribution < 1.29 is 4.79 Å². The van der Waals surface area contributed by atoms with Crippen LogP contribution in [0, 0.1) is 25.2 Å². The van der Waals surface area contributed by atoms with Gasteiger partial charge >= 0.3 is 0 Å². The van der Waals surface area contributed by atoms with Crippen LogP contribution in [0.1, 0.15) is 70.7 Å². The zero-order chi connectivity index (χ0) is 25.5. The topological polar surface area (TPSA) is 40.9 Å². The fourth-order valence-corrected chi connectivity index (χ4v) is 2.36. The third kappa shape index (κ3) is 13.9. The van der Waals surface area contributed by atoms with Crippen LogP contribution >= 0.6 is 0 Å². The Bertz CT molecular complexity index is 828. The van der Waals surface area contributed by atoms with E-state index in [9.17, 15) is 0 Å². The van der Waals surface area contributed by atoms with Crippen LogP contribution in [-0.2, 0) is 11.2 Å². The molecule has 0 fully saturated rings. The molecule has 0 saturated heterocycles. The van der Waals surface area contributed by atoms with Gasteiger partial charge in [0.15, 0.2) is 0 Å². The number of rotatable bonds is 4. The van der Waals surface area contributed by atoms with E-state index in [1.807, 2.05) is 47.5 Å². The number of hydrogen-bond acceptors (Lipinski definition) is 2. The molecule has 0 N–H and O–H groups in total. The van der Waals surface area contributed by atoms with Crippen molar-refractivity contribution >= 4 is 12.4 Å². The lowest BCUT2D eigenvalue weighted by Gasteiger charge is -2.06. The molecule has 0 bridgehead atoms. The maximum atomic E-state index is 8.88. The predicted octanol–water partition coefficient (Wildman–Crippen LogP) is 8.85. The van der Waals surface area contributed by atoms with Crippen LogP contribution in [0.15, 0.2) is 78.4 Å². The van der Waals surface area contributed by atoms with E-state index in [0.29, 0.717) is 5.57 Å². The van der Waals surface area contributed by atoms with Gasteiger partial charge in [-0.15, -0.1) is 0 Å². The zero-order valence-corrected chi connectivity index (χ0v) is 21.8. The molecule has 0 aliphatic rings. The monoisotopic (exact) mass is 433 g/mol. The van der Waals surface area contributed by atoms with Crippen molar-refractivity contribution in [2.75, 3.05) is 0 Å². The summed E-state index contributed by atoms with van der Waals surface area (Å²) >= 11 is 0. The molecule has 2 aromatic rings. The highest BCUT2D eigenvalue weighted by Crippen LogP contribution is 2.20. The summed E-state index contributed by atoms with van der Waals surface area (Å²) < 4.78 is 0. The molecular weight excluding hydrogens is 390 g/mol. The zero-order valence-electron chi connectivity index (χ0n) is 21.8. The average molecular weight is 434 g/mol. The van der Waals surface area contributed by atoms with E-state index in [2.05, 4.69) is 88.9 Å². The quantitative estimate of drug-likeness (QED) is 0.357. The van der Waals surface area contributed by atoms with E-state index in [0.717, 1.165) is 12.0 Å². The van der Waals surface area contributed by atoms with Crippen LogP contribution < -0.4 is 0 Å². The van der Waals surface area contributed by atoms with E-state index >= 15 is 0 Å². The van der Waals surface area contributed by atoms with Crippen LogP contribution in [0.5, 0.6) is 0 Å². The maximum absolute atomic E-state index is 8.88. The number of carbonyl (C=O) groups excluding carboxylic acids is 1. The van der Waals surface area contributed by atoms with Gasteiger partial charge in [-0.05, 0) is 73.6 Å². The minimum Gasteiger partial charge on any atom is -0.307 e. The van der Waals surface area contributed by atoms with Gasteiger partial charge in [0, 0.05) is 0 Å². The largest absolute Gasteiger partial charge is 0.307 e. The third-order valence-corrected chi connectivity index (χ3v) is 4.53. The first-order chi connectivity index (χ1) is 15.4. The van der Waals surface area contributed by atoms with E-state index in [1.165, 1.54) is 27.8 Å². The Morgan fingerprint density at radius 3 is 1.66 bits per heavy atom. The fraction of sp³-hybridized carbons (Fsp3) is 0.333. The highest BCUT2D eigenvalue weighted by Gasteiger charge is 2.00. The summed E-state index contributed by atoms with van der Waals surface area (Å²) in [5, 5.41) is 8.88. The molecule has 174 valence electrons. The van der Waals surface area contributed by atoms with E-state index in [-0.39, 0.29) is 0 Å². The number of nitrogens with zero attached hydrogens (tertiary/aromatic N) is 1. The van der Waals surface area contributed by atoms with Gasteiger partial charge < -0.3 is 4.79 Å². The molecule has 2 aromatic carbocycles. The molecule has 0 radical (unpaired) electrons. The summed E-state index contributed by atoms with van der Waals surface area (Å²) in [6.45, 7) is 24.1. The SMILES string of the molecule is C=C/C(C#N)=C\C(C)=C(/C)c1ccc(CC)cc1.C=O.CC.CC.Cc1ccccc1C. The molecule has 2 rings (SSSR count). The number of nitriles is 1. The third-order valence-electron chi connectivity index (χ3n) is 4.53. The second-order valence-corrected chi connectivity index (χ2v) is 6.36. The summed E-state index contributed by atoms with van der Waals surface area (Å²) in [6, 6.07) is 19.0. The molecule has 0 heterocycles. The normalized spacial score (nSPS) is 9.94. The Kier molecular flexibility index (Phi) is 23.5. The van der Waals surface area contributed by atoms with Crippen molar-refractivity contribution in [3.63, 3.8) is 0 Å². The minimum atomic E-state index is 0.594. The predicted molar refractivity (Wildman–Crippen MR) is 144 cm³/mol. The molecule has 32 heavy (non-hydrogen) atoms. The van der Waals surface area contributed by atoms with Crippen molar-refractivity contribution in [2.45, 2.75) is 68.7 Å². The van der Waals surface area contributed by atoms with Crippen LogP contribution in [0.25, 0.3) is 5.57 Å². The number of carbonyl (C=O) groups is 1. The van der Waals surface area contributed by atoms with E-state index in [4.69, 9.17) is 10.1 Å². The van der Waals surface area contributed by atoms with Gasteiger partial charge in [0.2, 0.25) is 0 Å². The lowest BCUT2D eigenvalue weighted by molar-refractivity contribution is -0.0979. The first kappa shape index (κ1) is 33.5. The average Bonchev–Trinajstić information content (AvgIpc) is 2.87. The van der Waals surface area contributed by atoms with Gasteiger partial charge in [0.1, 0.15) is 6.79 Å². The molecule has 0 aliphatic heterocycles. The summed E-state index contributed by atoms with van der Waals surface area (Å²) in [7, 11) is 0. The molecule has 0 aliphatic carbocycles. The summed E-state index contributed by atoms with van der Waals surface area (Å²) in [5.41, 5.74) is 8.14. The molecule has 0 saturated carbocycles. The first-order valence-corrected chi connectivity index (χ1v) is 11.2. The lowest BCUT2D eigenvalue weighted by atomic mass is 9.99. The summed E-state index contributed by atoms with van der Waals surface area (Å²) in [5.74, 6) is 0. The Labute approximate surface area is 198 Å². The summed E-state index contributed by atoms with van der Waals surface area (Å²) in [6.07, 6.45) is 4.50. The van der Waals surface area contributed by atoms with Crippen molar-refractivity contribution in [1.29, 1.82) is 5.26 Å². The first-order valence-electron chi connectivity index (χ1n) is 11.2. The molecular formula is C30H43NO. The Morgan fingerprint density at radius 2 is 1.34 bits per heavy atom. The highest BCUT2D eigenvalue weighted by atomic mass is 16.1. The number of allylic oxidation sites excluding steroid dienone is 5. The molecule has 0 amide bonds. The van der Waals surface area contributed by atoms with Crippen LogP contribution in [0.4, 0.5) is 0 Å². The second kappa shape index (κ2) is 22.5. The Hall–Kier alpha value is -3.18. The lowest BCUT2D eigenvalue weighted by Crippen LogP contribution is -1.86. The Balaban J connectivity index is -0.000000499. The van der Waals surface area contributed by atoms with E-state index in [1.54, 1.807) is 6.08 Å². The van der Waals surface area contributed by atoms with Crippen LogP contribution in [0.2, 0.25) is 0 Å². The maximum Gasteiger partial charge on any atom is 0.106 e.